The van der Waals surface area contributed by atoms with Crippen LogP contribution in [0.1, 0.15) is 0 Å². The smallest absolute Gasteiger partial charge is 0.322 e. The van der Waals surface area contributed by atoms with E-state index in [1.54, 1.807) is 7.05 Å². The van der Waals surface area contributed by atoms with Gasteiger partial charge in [-0.2, -0.15) is 0 Å². The Morgan fingerprint density at radius 1 is 1.25 bits per heavy atom. The Balaban J connectivity index is 2.95. The molecule has 0 aromatic carbocycles. The van der Waals surface area contributed by atoms with E-state index in [9.17, 15) is 14.7 Å². The molecule has 7 heteroatoms. The van der Waals surface area contributed by atoms with Crippen molar-refractivity contribution >= 4 is 11.2 Å². The zero-order valence-electron chi connectivity index (χ0n) is 9.01. The average Bonchev–Trinajstić information content (AvgIpc) is 2.68. The Hall–Kier alpha value is -1.89. The van der Waals surface area contributed by atoms with E-state index in [1.807, 2.05) is 0 Å². The van der Waals surface area contributed by atoms with Gasteiger partial charge in [0.15, 0.2) is 11.2 Å². The van der Waals surface area contributed by atoms with E-state index in [1.165, 1.54) is 22.5 Å². The Labute approximate surface area is 90.2 Å². The van der Waals surface area contributed by atoms with Crippen molar-refractivity contribution in [2.45, 2.75) is 6.54 Å². The maximum absolute atomic E-state index is 11.8. The van der Waals surface area contributed by atoms with E-state index in [-0.39, 0.29) is 13.2 Å². The SMILES string of the molecule is Cn1c(=O)c2c(ncn2CC[O])n(C)c1=O. The molecule has 0 atom stereocenters. The molecule has 85 valence electrons. The maximum Gasteiger partial charge on any atom is 0.332 e. The molecule has 0 N–H and O–H groups in total. The first kappa shape index (κ1) is 10.6. The number of aromatic nitrogens is 4. The van der Waals surface area contributed by atoms with Crippen LogP contribution in [0.2, 0.25) is 0 Å². The molecule has 2 aromatic rings. The van der Waals surface area contributed by atoms with Crippen molar-refractivity contribution in [3.63, 3.8) is 0 Å². The van der Waals surface area contributed by atoms with Crippen molar-refractivity contribution < 1.29 is 5.11 Å². The summed E-state index contributed by atoms with van der Waals surface area (Å²) < 4.78 is 3.77. The number of hydrogen-bond acceptors (Lipinski definition) is 3. The molecule has 0 aliphatic rings. The fraction of sp³-hybridized carbons (Fsp3) is 0.444. The minimum atomic E-state index is -0.427. The van der Waals surface area contributed by atoms with Gasteiger partial charge in [-0.3, -0.25) is 13.9 Å². The number of nitrogens with zero attached hydrogens (tertiary/aromatic N) is 4. The van der Waals surface area contributed by atoms with E-state index in [0.29, 0.717) is 11.2 Å². The summed E-state index contributed by atoms with van der Waals surface area (Å²) in [5, 5.41) is 10.6. The predicted molar refractivity (Wildman–Crippen MR) is 55.8 cm³/mol. The van der Waals surface area contributed by atoms with Crippen LogP contribution in [-0.4, -0.2) is 25.3 Å². The lowest BCUT2D eigenvalue weighted by Gasteiger charge is -2.04. The third-order valence-corrected chi connectivity index (χ3v) is 2.55. The van der Waals surface area contributed by atoms with E-state index in [0.717, 1.165) is 4.57 Å². The lowest BCUT2D eigenvalue weighted by Crippen LogP contribution is -2.37. The number of hydrogen-bond donors (Lipinski definition) is 0. The summed E-state index contributed by atoms with van der Waals surface area (Å²) in [6, 6.07) is 0. The highest BCUT2D eigenvalue weighted by atomic mass is 16.3. The largest absolute Gasteiger partial charge is 0.332 e. The fourth-order valence-corrected chi connectivity index (χ4v) is 1.66. The van der Waals surface area contributed by atoms with Crippen LogP contribution < -0.4 is 11.2 Å². The molecule has 7 nitrogen and oxygen atoms in total. The Kier molecular flexibility index (Phi) is 2.39. The second kappa shape index (κ2) is 3.60. The topological polar surface area (TPSA) is 81.7 Å². The third-order valence-electron chi connectivity index (χ3n) is 2.55. The summed E-state index contributed by atoms with van der Waals surface area (Å²) in [6.45, 7) is -0.165. The van der Waals surface area contributed by atoms with E-state index in [2.05, 4.69) is 4.98 Å². The van der Waals surface area contributed by atoms with E-state index in [4.69, 9.17) is 0 Å². The second-order valence-corrected chi connectivity index (χ2v) is 3.52. The van der Waals surface area contributed by atoms with Crippen LogP contribution in [0.3, 0.4) is 0 Å². The maximum atomic E-state index is 11.8. The minimum Gasteiger partial charge on any atom is -0.322 e. The molecular formula is C9H11N4O3. The van der Waals surface area contributed by atoms with Gasteiger partial charge in [0.05, 0.1) is 12.9 Å². The molecule has 16 heavy (non-hydrogen) atoms. The highest BCUT2D eigenvalue weighted by Crippen LogP contribution is 2.04. The highest BCUT2D eigenvalue weighted by molar-refractivity contribution is 5.69. The summed E-state index contributed by atoms with van der Waals surface area (Å²) in [6.07, 6.45) is 1.41. The van der Waals surface area contributed by atoms with Crippen molar-refractivity contribution in [1.82, 2.24) is 18.7 Å². The number of aryl methyl sites for hydroxylation is 1. The van der Waals surface area contributed by atoms with Gasteiger partial charge in [0.2, 0.25) is 0 Å². The zero-order valence-corrected chi connectivity index (χ0v) is 9.01. The molecule has 2 aromatic heterocycles. The van der Waals surface area contributed by atoms with Gasteiger partial charge in [-0.25, -0.2) is 14.9 Å². The summed E-state index contributed by atoms with van der Waals surface area (Å²) in [4.78, 5) is 27.4. The van der Waals surface area contributed by atoms with Gasteiger partial charge in [0.1, 0.15) is 6.61 Å². The lowest BCUT2D eigenvalue weighted by atomic mass is 10.5. The summed E-state index contributed by atoms with van der Waals surface area (Å²) in [5.74, 6) is 0. The van der Waals surface area contributed by atoms with E-state index < -0.39 is 11.2 Å². The number of rotatable bonds is 2. The Morgan fingerprint density at radius 2 is 1.94 bits per heavy atom. The normalized spacial score (nSPS) is 11.2. The third kappa shape index (κ3) is 1.28. The van der Waals surface area contributed by atoms with Gasteiger partial charge < -0.3 is 4.57 Å². The zero-order chi connectivity index (χ0) is 11.9. The van der Waals surface area contributed by atoms with Crippen molar-refractivity contribution in [3.05, 3.63) is 27.2 Å². The molecule has 2 rings (SSSR count). The molecule has 1 radical (unpaired) electrons. The van der Waals surface area contributed by atoms with Crippen LogP contribution >= 0.6 is 0 Å². The van der Waals surface area contributed by atoms with Crippen molar-refractivity contribution in [2.24, 2.45) is 14.1 Å². The van der Waals surface area contributed by atoms with Crippen molar-refractivity contribution in [1.29, 1.82) is 0 Å². The fourth-order valence-electron chi connectivity index (χ4n) is 1.66. The van der Waals surface area contributed by atoms with Crippen LogP contribution in [0.25, 0.3) is 11.2 Å². The molecule has 0 saturated heterocycles. The van der Waals surface area contributed by atoms with Crippen LogP contribution in [0, 0.1) is 0 Å². The van der Waals surface area contributed by atoms with Gasteiger partial charge in [0, 0.05) is 14.1 Å². The first-order chi connectivity index (χ1) is 7.57. The summed E-state index contributed by atoms with van der Waals surface area (Å²) in [7, 11) is 2.94. The van der Waals surface area contributed by atoms with Crippen molar-refractivity contribution in [2.75, 3.05) is 6.61 Å². The Bertz CT molecular complexity index is 649. The Morgan fingerprint density at radius 3 is 2.56 bits per heavy atom. The van der Waals surface area contributed by atoms with Gasteiger partial charge in [-0.1, -0.05) is 0 Å². The van der Waals surface area contributed by atoms with Crippen LogP contribution in [0.5, 0.6) is 0 Å². The standard InChI is InChI=1S/C9H11N4O3/c1-11-7-6(8(15)12(2)9(11)16)13(3-4-14)5-10-7/h5H,3-4H2,1-2H3. The predicted octanol–water partition coefficient (Wildman–Crippen LogP) is -1.14. The molecular weight excluding hydrogens is 212 g/mol. The van der Waals surface area contributed by atoms with Crippen LogP contribution in [0.15, 0.2) is 15.9 Å². The second-order valence-electron chi connectivity index (χ2n) is 3.52. The number of fused-ring (bicyclic) bond motifs is 1. The minimum absolute atomic E-state index is 0.171. The number of imidazole rings is 1. The van der Waals surface area contributed by atoms with Crippen LogP contribution in [0.4, 0.5) is 0 Å². The molecule has 0 aliphatic carbocycles. The first-order valence-corrected chi connectivity index (χ1v) is 4.77. The summed E-state index contributed by atoms with van der Waals surface area (Å²) >= 11 is 0. The van der Waals surface area contributed by atoms with Crippen molar-refractivity contribution in [3.8, 4) is 0 Å². The molecule has 0 bridgehead atoms. The highest BCUT2D eigenvalue weighted by Gasteiger charge is 2.13. The van der Waals surface area contributed by atoms with E-state index >= 15 is 0 Å². The molecule has 0 amide bonds. The molecule has 0 aliphatic heterocycles. The quantitative estimate of drug-likeness (QED) is 0.645. The molecule has 0 fully saturated rings. The summed E-state index contributed by atoms with van der Waals surface area (Å²) in [5.41, 5.74) is -0.254. The monoisotopic (exact) mass is 223 g/mol. The van der Waals surface area contributed by atoms with Gasteiger partial charge in [0.25, 0.3) is 5.56 Å². The molecule has 0 spiro atoms. The van der Waals surface area contributed by atoms with Gasteiger partial charge in [-0.05, 0) is 0 Å². The average molecular weight is 223 g/mol. The van der Waals surface area contributed by atoms with Crippen LogP contribution in [-0.2, 0) is 25.7 Å². The molecule has 0 unspecified atom stereocenters. The molecule has 0 saturated carbocycles. The van der Waals surface area contributed by atoms with Gasteiger partial charge >= 0.3 is 5.69 Å². The van der Waals surface area contributed by atoms with Gasteiger partial charge in [-0.15, -0.1) is 0 Å². The first-order valence-electron chi connectivity index (χ1n) is 4.77. The lowest BCUT2D eigenvalue weighted by molar-refractivity contribution is 0.182. The molecule has 2 heterocycles.